The first kappa shape index (κ1) is 14.0. The van der Waals surface area contributed by atoms with Crippen LogP contribution in [0.15, 0.2) is 60.7 Å². The van der Waals surface area contributed by atoms with E-state index in [1.165, 1.54) is 0 Å². The predicted molar refractivity (Wildman–Crippen MR) is 97.2 cm³/mol. The fourth-order valence-corrected chi connectivity index (χ4v) is 2.65. The lowest BCUT2D eigenvalue weighted by molar-refractivity contribution is 1.54. The van der Waals surface area contributed by atoms with E-state index >= 15 is 0 Å². The minimum Gasteiger partial charge on any atom is -0.398 e. The lowest BCUT2D eigenvalue weighted by Gasteiger charge is -2.18. The van der Waals surface area contributed by atoms with Gasteiger partial charge < -0.3 is 16.8 Å². The normalized spacial score (nSPS) is 11.1. The van der Waals surface area contributed by atoms with E-state index in [1.807, 2.05) is 73.7 Å². The summed E-state index contributed by atoms with van der Waals surface area (Å²) in [4.78, 5) is 0. The molecule has 0 bridgehead atoms. The monoisotopic (exact) mass is 289 g/mol. The highest BCUT2D eigenvalue weighted by atomic mass is 14.9. The second-order valence-electron chi connectivity index (χ2n) is 5.15. The predicted octanol–water partition coefficient (Wildman–Crippen LogP) is 4.78. The molecule has 0 heterocycles. The van der Waals surface area contributed by atoms with E-state index in [-0.39, 0.29) is 0 Å². The molecule has 3 heteroatoms. The fourth-order valence-electron chi connectivity index (χ4n) is 2.65. The summed E-state index contributed by atoms with van der Waals surface area (Å²) < 4.78 is 0. The molecule has 3 aromatic rings. The van der Waals surface area contributed by atoms with Crippen molar-refractivity contribution in [2.45, 2.75) is 6.92 Å². The van der Waals surface area contributed by atoms with E-state index in [0.717, 1.165) is 33.4 Å². The standard InChI is InChI=1S/C19H19N3/c1-2-8-16-17(20)14-11-6-7-12-15(14)18(21)19(16)22-13-9-4-3-5-10-13/h2-12,22H,20-21H2,1H3/b8-2-. The van der Waals surface area contributed by atoms with Crippen molar-refractivity contribution in [3.05, 3.63) is 66.2 Å². The summed E-state index contributed by atoms with van der Waals surface area (Å²) in [5.41, 5.74) is 17.0. The SMILES string of the molecule is C/C=C\c1c(Nc2ccccc2)c(N)c2ccccc2c1N. The number of para-hydroxylation sites is 1. The van der Waals surface area contributed by atoms with E-state index in [9.17, 15) is 0 Å². The van der Waals surface area contributed by atoms with Crippen molar-refractivity contribution >= 4 is 39.6 Å². The number of fused-ring (bicyclic) bond motifs is 1. The van der Waals surface area contributed by atoms with Gasteiger partial charge in [0.1, 0.15) is 0 Å². The Morgan fingerprint density at radius 2 is 1.41 bits per heavy atom. The molecule has 0 spiro atoms. The summed E-state index contributed by atoms with van der Waals surface area (Å²) in [5.74, 6) is 0. The zero-order valence-corrected chi connectivity index (χ0v) is 12.5. The second-order valence-corrected chi connectivity index (χ2v) is 5.15. The Kier molecular flexibility index (Phi) is 3.71. The minimum atomic E-state index is 0.710. The lowest BCUT2D eigenvalue weighted by atomic mass is 9.99. The Bertz CT molecular complexity index is 836. The van der Waals surface area contributed by atoms with Crippen molar-refractivity contribution in [1.82, 2.24) is 0 Å². The number of nitrogens with one attached hydrogen (secondary N) is 1. The van der Waals surface area contributed by atoms with Crippen LogP contribution in [0.2, 0.25) is 0 Å². The van der Waals surface area contributed by atoms with Crippen molar-refractivity contribution < 1.29 is 0 Å². The van der Waals surface area contributed by atoms with Crippen LogP contribution in [0.1, 0.15) is 12.5 Å². The molecule has 0 unspecified atom stereocenters. The van der Waals surface area contributed by atoms with Gasteiger partial charge in [-0.2, -0.15) is 0 Å². The molecular formula is C19H19N3. The molecule has 3 rings (SSSR count). The van der Waals surface area contributed by atoms with Gasteiger partial charge >= 0.3 is 0 Å². The molecule has 22 heavy (non-hydrogen) atoms. The van der Waals surface area contributed by atoms with E-state index in [2.05, 4.69) is 5.32 Å². The van der Waals surface area contributed by atoms with Crippen LogP contribution in [-0.2, 0) is 0 Å². The molecule has 0 aliphatic rings. The molecule has 5 N–H and O–H groups in total. The number of allylic oxidation sites excluding steroid dienone is 1. The Labute approximate surface area is 130 Å². The molecule has 0 atom stereocenters. The highest BCUT2D eigenvalue weighted by Gasteiger charge is 2.14. The van der Waals surface area contributed by atoms with Crippen molar-refractivity contribution in [3.63, 3.8) is 0 Å². The number of nitrogen functional groups attached to an aromatic ring is 2. The Hall–Kier alpha value is -2.94. The van der Waals surface area contributed by atoms with Crippen molar-refractivity contribution in [2.24, 2.45) is 0 Å². The van der Waals surface area contributed by atoms with Gasteiger partial charge in [0.05, 0.1) is 11.4 Å². The third kappa shape index (κ3) is 2.37. The Morgan fingerprint density at radius 3 is 2.05 bits per heavy atom. The quantitative estimate of drug-likeness (QED) is 0.608. The summed E-state index contributed by atoms with van der Waals surface area (Å²) in [7, 11) is 0. The van der Waals surface area contributed by atoms with Gasteiger partial charge in [-0.25, -0.2) is 0 Å². The van der Waals surface area contributed by atoms with Gasteiger partial charge in [-0.3, -0.25) is 0 Å². The van der Waals surface area contributed by atoms with Gasteiger partial charge in [0.2, 0.25) is 0 Å². The van der Waals surface area contributed by atoms with E-state index in [4.69, 9.17) is 11.5 Å². The maximum absolute atomic E-state index is 6.41. The molecule has 3 nitrogen and oxygen atoms in total. The first-order chi connectivity index (χ1) is 10.7. The van der Waals surface area contributed by atoms with Crippen LogP contribution in [-0.4, -0.2) is 0 Å². The minimum absolute atomic E-state index is 0.710. The van der Waals surface area contributed by atoms with Gasteiger partial charge in [-0.15, -0.1) is 0 Å². The van der Waals surface area contributed by atoms with Crippen molar-refractivity contribution in [3.8, 4) is 0 Å². The first-order valence-electron chi connectivity index (χ1n) is 7.26. The van der Waals surface area contributed by atoms with Crippen LogP contribution in [0.5, 0.6) is 0 Å². The van der Waals surface area contributed by atoms with Crippen molar-refractivity contribution in [1.29, 1.82) is 0 Å². The number of hydrogen-bond acceptors (Lipinski definition) is 3. The number of nitrogens with two attached hydrogens (primary N) is 2. The maximum Gasteiger partial charge on any atom is 0.0718 e. The molecule has 3 aromatic carbocycles. The molecule has 0 fully saturated rings. The van der Waals surface area contributed by atoms with Crippen LogP contribution in [0.25, 0.3) is 16.8 Å². The van der Waals surface area contributed by atoms with Crippen LogP contribution in [0.3, 0.4) is 0 Å². The summed E-state index contributed by atoms with van der Waals surface area (Å²) >= 11 is 0. The Morgan fingerprint density at radius 1 is 0.818 bits per heavy atom. The third-order valence-electron chi connectivity index (χ3n) is 3.71. The number of anilines is 4. The molecular weight excluding hydrogens is 270 g/mol. The third-order valence-corrected chi connectivity index (χ3v) is 3.71. The topological polar surface area (TPSA) is 64.1 Å². The molecule has 110 valence electrons. The van der Waals surface area contributed by atoms with Gasteiger partial charge in [0.25, 0.3) is 0 Å². The van der Waals surface area contributed by atoms with Gasteiger partial charge in [0, 0.05) is 27.7 Å². The van der Waals surface area contributed by atoms with E-state index in [1.54, 1.807) is 0 Å². The highest BCUT2D eigenvalue weighted by Crippen LogP contribution is 2.40. The molecule has 0 aliphatic heterocycles. The lowest BCUT2D eigenvalue weighted by Crippen LogP contribution is -2.03. The first-order valence-corrected chi connectivity index (χ1v) is 7.26. The van der Waals surface area contributed by atoms with Crippen LogP contribution in [0.4, 0.5) is 22.7 Å². The fraction of sp³-hybridized carbons (Fsp3) is 0.0526. The summed E-state index contributed by atoms with van der Waals surface area (Å²) in [6.45, 7) is 1.97. The summed E-state index contributed by atoms with van der Waals surface area (Å²) in [6, 6.07) is 17.9. The van der Waals surface area contributed by atoms with Crippen LogP contribution < -0.4 is 16.8 Å². The zero-order chi connectivity index (χ0) is 15.5. The highest BCUT2D eigenvalue weighted by molar-refractivity contribution is 6.10. The molecule has 0 aromatic heterocycles. The van der Waals surface area contributed by atoms with E-state index < -0.39 is 0 Å². The molecule has 0 saturated carbocycles. The molecule has 0 aliphatic carbocycles. The van der Waals surface area contributed by atoms with Crippen LogP contribution >= 0.6 is 0 Å². The van der Waals surface area contributed by atoms with Crippen molar-refractivity contribution in [2.75, 3.05) is 16.8 Å². The number of rotatable bonds is 3. The van der Waals surface area contributed by atoms with Gasteiger partial charge in [-0.1, -0.05) is 54.6 Å². The van der Waals surface area contributed by atoms with Gasteiger partial charge in [0.15, 0.2) is 0 Å². The zero-order valence-electron chi connectivity index (χ0n) is 12.5. The summed E-state index contributed by atoms with van der Waals surface area (Å²) in [6.07, 6.45) is 3.96. The van der Waals surface area contributed by atoms with E-state index in [0.29, 0.717) is 5.69 Å². The average Bonchev–Trinajstić information content (AvgIpc) is 2.57. The second kappa shape index (κ2) is 5.82. The largest absolute Gasteiger partial charge is 0.398 e. The Balaban J connectivity index is 2.27. The number of benzene rings is 3. The van der Waals surface area contributed by atoms with Crippen LogP contribution in [0, 0.1) is 0 Å². The molecule has 0 amide bonds. The average molecular weight is 289 g/mol. The maximum atomic E-state index is 6.41. The molecule has 0 saturated heterocycles. The smallest absolute Gasteiger partial charge is 0.0718 e. The number of hydrogen-bond donors (Lipinski definition) is 3. The van der Waals surface area contributed by atoms with Gasteiger partial charge in [-0.05, 0) is 19.1 Å². The summed E-state index contributed by atoms with van der Waals surface area (Å²) in [5, 5.41) is 5.35. The molecule has 0 radical (unpaired) electrons.